The Bertz CT molecular complexity index is 894. The van der Waals surface area contributed by atoms with Gasteiger partial charge >= 0.3 is 12.1 Å². The minimum atomic E-state index is -5.08. The molecular weight excluding hydrogens is 433 g/mol. The maximum absolute atomic E-state index is 12.9. The SMILES string of the molecule is CO[C@H]1CCN(C(=O)c2ccnnc2)[C@@H]2CN(Cc3ccco3)C[C@H]12.O=C(O)C(F)(F)F. The van der Waals surface area contributed by atoms with Crippen molar-refractivity contribution in [3.63, 3.8) is 0 Å². The number of nitrogens with zero attached hydrogens (tertiary/aromatic N) is 4. The second-order valence-electron chi connectivity index (χ2n) is 7.50. The highest BCUT2D eigenvalue weighted by molar-refractivity contribution is 5.94. The predicted octanol–water partition coefficient (Wildman–Crippen LogP) is 2.06. The topological polar surface area (TPSA) is 109 Å². The number of furan rings is 1. The highest BCUT2D eigenvalue weighted by atomic mass is 19.4. The summed E-state index contributed by atoms with van der Waals surface area (Å²) in [6.07, 6.45) is 0.755. The fraction of sp³-hybridized carbons (Fsp3) is 0.500. The molecule has 2 saturated heterocycles. The van der Waals surface area contributed by atoms with Gasteiger partial charge in [0.1, 0.15) is 5.76 Å². The number of alkyl halides is 3. The van der Waals surface area contributed by atoms with E-state index in [1.54, 1.807) is 25.6 Å². The fourth-order valence-electron chi connectivity index (χ4n) is 4.12. The zero-order valence-electron chi connectivity index (χ0n) is 17.2. The van der Waals surface area contributed by atoms with E-state index in [9.17, 15) is 18.0 Å². The standard InChI is InChI=1S/C18H22N4O3.C2HF3O2/c1-24-17-5-7-22(18(23)13-4-6-19-20-9-13)16-12-21(11-15(16)17)10-14-3-2-8-25-14;3-2(4,5)1(6)7/h2-4,6,8-9,15-17H,5,7,10-12H2,1H3;(H,6,7)/t15-,16+,17-;/m0./s1. The molecular formula is C20H23F3N4O5. The average molecular weight is 456 g/mol. The van der Waals surface area contributed by atoms with Crippen LogP contribution in [0, 0.1) is 5.92 Å². The smallest absolute Gasteiger partial charge is 0.475 e. The predicted molar refractivity (Wildman–Crippen MR) is 103 cm³/mol. The van der Waals surface area contributed by atoms with Crippen molar-refractivity contribution in [2.24, 2.45) is 5.92 Å². The number of amides is 1. The van der Waals surface area contributed by atoms with E-state index in [-0.39, 0.29) is 18.1 Å². The van der Waals surface area contributed by atoms with Crippen LogP contribution in [0.2, 0.25) is 0 Å². The molecule has 4 heterocycles. The Morgan fingerprint density at radius 2 is 2.03 bits per heavy atom. The Balaban J connectivity index is 0.000000360. The number of carbonyl (C=O) groups excluding carboxylic acids is 1. The molecule has 174 valence electrons. The van der Waals surface area contributed by atoms with Gasteiger partial charge in [0.25, 0.3) is 5.91 Å². The van der Waals surface area contributed by atoms with E-state index in [2.05, 4.69) is 15.1 Å². The molecule has 0 aromatic carbocycles. The van der Waals surface area contributed by atoms with Crippen LogP contribution >= 0.6 is 0 Å². The Kier molecular flexibility index (Phi) is 7.46. The number of rotatable bonds is 4. The fourth-order valence-corrected chi connectivity index (χ4v) is 4.12. The highest BCUT2D eigenvalue weighted by Gasteiger charge is 2.46. The second-order valence-corrected chi connectivity index (χ2v) is 7.50. The Morgan fingerprint density at radius 3 is 2.59 bits per heavy atom. The molecule has 2 aliphatic heterocycles. The van der Waals surface area contributed by atoms with Gasteiger partial charge in [0.2, 0.25) is 0 Å². The molecule has 9 nitrogen and oxygen atoms in total. The number of methoxy groups -OCH3 is 1. The maximum Gasteiger partial charge on any atom is 0.490 e. The molecule has 12 heteroatoms. The molecule has 0 saturated carbocycles. The first-order chi connectivity index (χ1) is 15.2. The molecule has 0 aliphatic carbocycles. The largest absolute Gasteiger partial charge is 0.490 e. The van der Waals surface area contributed by atoms with Crippen molar-refractivity contribution in [3.8, 4) is 0 Å². The van der Waals surface area contributed by atoms with Gasteiger partial charge in [-0.3, -0.25) is 9.69 Å². The summed E-state index contributed by atoms with van der Waals surface area (Å²) in [6.45, 7) is 3.20. The van der Waals surface area contributed by atoms with Crippen LogP contribution in [-0.2, 0) is 16.1 Å². The van der Waals surface area contributed by atoms with Crippen molar-refractivity contribution in [1.82, 2.24) is 20.0 Å². The monoisotopic (exact) mass is 456 g/mol. The van der Waals surface area contributed by atoms with Crippen molar-refractivity contribution in [2.75, 3.05) is 26.7 Å². The van der Waals surface area contributed by atoms with E-state index in [0.29, 0.717) is 18.0 Å². The molecule has 1 N–H and O–H groups in total. The number of carbonyl (C=O) groups is 2. The summed E-state index contributed by atoms with van der Waals surface area (Å²) in [7, 11) is 1.77. The number of carboxylic acids is 1. The summed E-state index contributed by atoms with van der Waals surface area (Å²) in [4.78, 5) is 26.2. The van der Waals surface area contributed by atoms with Crippen LogP contribution in [0.15, 0.2) is 41.3 Å². The van der Waals surface area contributed by atoms with Crippen LogP contribution in [-0.4, -0.2) is 82.0 Å². The van der Waals surface area contributed by atoms with Gasteiger partial charge in [-0.15, -0.1) is 0 Å². The van der Waals surface area contributed by atoms with E-state index in [1.165, 1.54) is 6.20 Å². The van der Waals surface area contributed by atoms with Gasteiger partial charge in [0, 0.05) is 32.7 Å². The van der Waals surface area contributed by atoms with Gasteiger partial charge in [0.05, 0.1) is 42.9 Å². The van der Waals surface area contributed by atoms with Crippen molar-refractivity contribution >= 4 is 11.9 Å². The summed E-state index contributed by atoms with van der Waals surface area (Å²) in [5.74, 6) is -1.47. The molecule has 0 spiro atoms. The first kappa shape index (κ1) is 23.7. The molecule has 2 aromatic rings. The third kappa shape index (κ3) is 5.62. The molecule has 3 atom stereocenters. The molecule has 2 fully saturated rings. The zero-order valence-corrected chi connectivity index (χ0v) is 17.2. The lowest BCUT2D eigenvalue weighted by molar-refractivity contribution is -0.192. The number of fused-ring (bicyclic) bond motifs is 1. The summed E-state index contributed by atoms with van der Waals surface area (Å²) in [6, 6.07) is 5.76. The van der Waals surface area contributed by atoms with Crippen molar-refractivity contribution < 1.29 is 37.0 Å². The normalized spacial score (nSPS) is 23.2. The molecule has 2 aromatic heterocycles. The highest BCUT2D eigenvalue weighted by Crippen LogP contribution is 2.34. The van der Waals surface area contributed by atoms with Gasteiger partial charge in [-0.2, -0.15) is 23.4 Å². The number of hydrogen-bond donors (Lipinski definition) is 1. The third-order valence-corrected chi connectivity index (χ3v) is 5.54. The Labute approximate surface area is 181 Å². The summed E-state index contributed by atoms with van der Waals surface area (Å²) < 4.78 is 42.9. The minimum absolute atomic E-state index is 0.0271. The van der Waals surface area contributed by atoms with Gasteiger partial charge in [-0.25, -0.2) is 4.79 Å². The number of carboxylic acid groups (broad SMARTS) is 1. The minimum Gasteiger partial charge on any atom is -0.475 e. The molecule has 0 bridgehead atoms. The van der Waals surface area contributed by atoms with Crippen molar-refractivity contribution in [1.29, 1.82) is 0 Å². The number of aromatic nitrogens is 2. The van der Waals surface area contributed by atoms with Crippen LogP contribution in [0.3, 0.4) is 0 Å². The van der Waals surface area contributed by atoms with Crippen LogP contribution in [0.5, 0.6) is 0 Å². The van der Waals surface area contributed by atoms with E-state index >= 15 is 0 Å². The lowest BCUT2D eigenvalue weighted by atomic mass is 9.88. The average Bonchev–Trinajstić information content (AvgIpc) is 3.43. The number of aliphatic carboxylic acids is 1. The number of ether oxygens (including phenoxy) is 1. The number of likely N-dealkylation sites (tertiary alicyclic amines) is 2. The van der Waals surface area contributed by atoms with Crippen LogP contribution in [0.1, 0.15) is 22.5 Å². The number of hydrogen-bond acceptors (Lipinski definition) is 7. The Hall–Kier alpha value is -2.99. The Morgan fingerprint density at radius 1 is 1.28 bits per heavy atom. The zero-order chi connectivity index (χ0) is 23.3. The molecule has 0 unspecified atom stereocenters. The summed E-state index contributed by atoms with van der Waals surface area (Å²) >= 11 is 0. The molecule has 4 rings (SSSR count). The van der Waals surface area contributed by atoms with Crippen molar-refractivity contribution in [2.45, 2.75) is 31.3 Å². The second kappa shape index (κ2) is 10.1. The first-order valence-electron chi connectivity index (χ1n) is 9.86. The number of halogens is 3. The van der Waals surface area contributed by atoms with Gasteiger partial charge in [-0.1, -0.05) is 0 Å². The van der Waals surface area contributed by atoms with Crippen LogP contribution in [0.4, 0.5) is 13.2 Å². The number of piperidine rings is 1. The van der Waals surface area contributed by atoms with Crippen LogP contribution in [0.25, 0.3) is 0 Å². The summed E-state index contributed by atoms with van der Waals surface area (Å²) in [5.41, 5.74) is 0.592. The quantitative estimate of drug-likeness (QED) is 0.745. The lowest BCUT2D eigenvalue weighted by Gasteiger charge is -2.41. The van der Waals surface area contributed by atoms with Gasteiger partial charge in [0.15, 0.2) is 0 Å². The molecule has 2 aliphatic rings. The van der Waals surface area contributed by atoms with Crippen molar-refractivity contribution in [3.05, 3.63) is 48.2 Å². The van der Waals surface area contributed by atoms with Crippen LogP contribution < -0.4 is 0 Å². The van der Waals surface area contributed by atoms with E-state index in [1.807, 2.05) is 17.0 Å². The third-order valence-electron chi connectivity index (χ3n) is 5.54. The first-order valence-corrected chi connectivity index (χ1v) is 9.86. The summed E-state index contributed by atoms with van der Waals surface area (Å²) in [5, 5.41) is 14.7. The molecule has 0 radical (unpaired) electrons. The van der Waals surface area contributed by atoms with Gasteiger partial charge in [-0.05, 0) is 24.6 Å². The molecule has 32 heavy (non-hydrogen) atoms. The van der Waals surface area contributed by atoms with E-state index < -0.39 is 12.1 Å². The van der Waals surface area contributed by atoms with E-state index in [4.69, 9.17) is 19.1 Å². The van der Waals surface area contributed by atoms with E-state index in [0.717, 1.165) is 31.8 Å². The molecule has 1 amide bonds. The lowest BCUT2D eigenvalue weighted by Crippen LogP contribution is -2.53. The van der Waals surface area contributed by atoms with Gasteiger partial charge < -0.3 is 19.2 Å². The maximum atomic E-state index is 12.9.